The standard InChI is InChI=1S/C32H34N2O4/c1-2-38-32(37)28-18-20-33(21-19-28)31(36)23-27-14-9-15-29(22-27)34(24-26-12-7-4-8-13-26)30(35)17-16-25-10-5-3-6-11-25/h3-17,22,28H,2,18-21,23-24H2,1H3/b17-16+. The highest BCUT2D eigenvalue weighted by Crippen LogP contribution is 2.23. The molecule has 1 heterocycles. The zero-order valence-electron chi connectivity index (χ0n) is 21.8. The van der Waals surface area contributed by atoms with Gasteiger partial charge in [-0.15, -0.1) is 0 Å². The van der Waals surface area contributed by atoms with Crippen LogP contribution in [-0.2, 0) is 32.1 Å². The number of anilines is 1. The second kappa shape index (κ2) is 13.4. The zero-order valence-corrected chi connectivity index (χ0v) is 21.8. The van der Waals surface area contributed by atoms with Crippen LogP contribution in [0.4, 0.5) is 5.69 Å². The van der Waals surface area contributed by atoms with Crippen molar-refractivity contribution in [2.75, 3.05) is 24.6 Å². The Morgan fingerprint density at radius 1 is 0.895 bits per heavy atom. The highest BCUT2D eigenvalue weighted by atomic mass is 16.5. The van der Waals surface area contributed by atoms with E-state index in [1.807, 2.05) is 95.9 Å². The van der Waals surface area contributed by atoms with E-state index in [0.29, 0.717) is 39.1 Å². The number of nitrogens with zero attached hydrogens (tertiary/aromatic N) is 2. The van der Waals surface area contributed by atoms with Gasteiger partial charge in [0.15, 0.2) is 0 Å². The van der Waals surface area contributed by atoms with Crippen LogP contribution in [0.25, 0.3) is 6.08 Å². The molecule has 196 valence electrons. The van der Waals surface area contributed by atoms with E-state index in [4.69, 9.17) is 4.74 Å². The van der Waals surface area contributed by atoms with E-state index in [2.05, 4.69) is 0 Å². The van der Waals surface area contributed by atoms with Crippen molar-refractivity contribution in [3.63, 3.8) is 0 Å². The molecule has 38 heavy (non-hydrogen) atoms. The van der Waals surface area contributed by atoms with E-state index < -0.39 is 0 Å². The molecule has 3 aromatic rings. The number of hydrogen-bond donors (Lipinski definition) is 0. The van der Waals surface area contributed by atoms with Crippen LogP contribution in [0, 0.1) is 5.92 Å². The predicted molar refractivity (Wildman–Crippen MR) is 149 cm³/mol. The minimum absolute atomic E-state index is 0.0226. The van der Waals surface area contributed by atoms with Gasteiger partial charge in [0.1, 0.15) is 0 Å². The molecule has 0 atom stereocenters. The Labute approximate surface area is 224 Å². The van der Waals surface area contributed by atoms with Crippen molar-refractivity contribution in [2.24, 2.45) is 5.92 Å². The van der Waals surface area contributed by atoms with E-state index >= 15 is 0 Å². The number of carbonyl (C=O) groups is 3. The van der Waals surface area contributed by atoms with Gasteiger partial charge in [-0.25, -0.2) is 0 Å². The number of piperidine rings is 1. The molecule has 0 N–H and O–H groups in total. The van der Waals surface area contributed by atoms with Gasteiger partial charge in [-0.1, -0.05) is 72.8 Å². The van der Waals surface area contributed by atoms with Gasteiger partial charge >= 0.3 is 5.97 Å². The zero-order chi connectivity index (χ0) is 26.7. The number of benzene rings is 3. The summed E-state index contributed by atoms with van der Waals surface area (Å²) in [5.74, 6) is -0.419. The minimum atomic E-state index is -0.170. The first kappa shape index (κ1) is 26.9. The lowest BCUT2D eigenvalue weighted by molar-refractivity contribution is -0.151. The smallest absolute Gasteiger partial charge is 0.309 e. The number of carbonyl (C=O) groups excluding carboxylic acids is 3. The van der Waals surface area contributed by atoms with Crippen LogP contribution in [0.2, 0.25) is 0 Å². The second-order valence-corrected chi connectivity index (χ2v) is 9.41. The van der Waals surface area contributed by atoms with Crippen molar-refractivity contribution < 1.29 is 19.1 Å². The third kappa shape index (κ3) is 7.42. The Morgan fingerprint density at radius 2 is 1.55 bits per heavy atom. The van der Waals surface area contributed by atoms with Crippen LogP contribution in [0.1, 0.15) is 36.5 Å². The molecule has 2 amide bonds. The summed E-state index contributed by atoms with van der Waals surface area (Å²) in [6, 6.07) is 27.2. The average Bonchev–Trinajstić information content (AvgIpc) is 2.96. The van der Waals surface area contributed by atoms with Gasteiger partial charge < -0.3 is 14.5 Å². The van der Waals surface area contributed by atoms with E-state index in [9.17, 15) is 14.4 Å². The molecule has 1 fully saturated rings. The van der Waals surface area contributed by atoms with Gasteiger partial charge in [0.05, 0.1) is 25.5 Å². The molecule has 0 unspecified atom stereocenters. The normalized spacial score (nSPS) is 13.9. The molecule has 1 aliphatic heterocycles. The van der Waals surface area contributed by atoms with Crippen molar-refractivity contribution in [2.45, 2.75) is 32.7 Å². The van der Waals surface area contributed by atoms with Crippen LogP contribution in [0.3, 0.4) is 0 Å². The summed E-state index contributed by atoms with van der Waals surface area (Å²) in [4.78, 5) is 42.0. The Kier molecular flexibility index (Phi) is 9.46. The molecule has 1 saturated heterocycles. The highest BCUT2D eigenvalue weighted by molar-refractivity contribution is 6.03. The summed E-state index contributed by atoms with van der Waals surface area (Å²) in [6.45, 7) is 3.69. The van der Waals surface area contributed by atoms with Crippen molar-refractivity contribution in [1.82, 2.24) is 4.90 Å². The molecule has 0 bridgehead atoms. The van der Waals surface area contributed by atoms with Crippen LogP contribution in [-0.4, -0.2) is 42.4 Å². The molecule has 6 nitrogen and oxygen atoms in total. The summed E-state index contributed by atoms with van der Waals surface area (Å²) < 4.78 is 5.13. The lowest BCUT2D eigenvalue weighted by Gasteiger charge is -2.31. The van der Waals surface area contributed by atoms with Crippen molar-refractivity contribution >= 4 is 29.5 Å². The number of esters is 1. The van der Waals surface area contributed by atoms with Crippen molar-refractivity contribution in [3.05, 3.63) is 108 Å². The number of amides is 2. The van der Waals surface area contributed by atoms with Crippen molar-refractivity contribution in [3.8, 4) is 0 Å². The Bertz CT molecular complexity index is 1250. The fourth-order valence-corrected chi connectivity index (χ4v) is 4.63. The average molecular weight is 511 g/mol. The Hall–Kier alpha value is -4.19. The fourth-order valence-electron chi connectivity index (χ4n) is 4.63. The van der Waals surface area contributed by atoms with E-state index in [0.717, 1.165) is 22.4 Å². The molecular formula is C32H34N2O4. The summed E-state index contributed by atoms with van der Waals surface area (Å²) in [5.41, 5.74) is 3.55. The highest BCUT2D eigenvalue weighted by Gasteiger charge is 2.28. The van der Waals surface area contributed by atoms with Gasteiger partial charge in [0, 0.05) is 24.9 Å². The van der Waals surface area contributed by atoms with Gasteiger partial charge in [0.2, 0.25) is 5.91 Å². The molecular weight excluding hydrogens is 476 g/mol. The lowest BCUT2D eigenvalue weighted by Crippen LogP contribution is -2.41. The third-order valence-electron chi connectivity index (χ3n) is 6.71. The second-order valence-electron chi connectivity index (χ2n) is 9.41. The van der Waals surface area contributed by atoms with Crippen LogP contribution in [0.15, 0.2) is 91.0 Å². The maximum absolute atomic E-state index is 13.4. The molecule has 0 radical (unpaired) electrons. The lowest BCUT2D eigenvalue weighted by atomic mass is 9.96. The first-order valence-electron chi connectivity index (χ1n) is 13.2. The molecule has 3 aromatic carbocycles. The topological polar surface area (TPSA) is 66.9 Å². The maximum Gasteiger partial charge on any atom is 0.309 e. The fraction of sp³-hybridized carbons (Fsp3) is 0.281. The minimum Gasteiger partial charge on any atom is -0.466 e. The van der Waals surface area contributed by atoms with E-state index in [1.54, 1.807) is 17.9 Å². The van der Waals surface area contributed by atoms with E-state index in [1.165, 1.54) is 0 Å². The molecule has 0 spiro atoms. The van der Waals surface area contributed by atoms with Crippen molar-refractivity contribution in [1.29, 1.82) is 0 Å². The molecule has 1 aliphatic rings. The number of likely N-dealkylation sites (tertiary alicyclic amines) is 1. The number of ether oxygens (including phenoxy) is 1. The quantitative estimate of drug-likeness (QED) is 0.290. The number of rotatable bonds is 9. The Balaban J connectivity index is 1.47. The largest absolute Gasteiger partial charge is 0.466 e. The van der Waals surface area contributed by atoms with E-state index in [-0.39, 0.29) is 30.1 Å². The van der Waals surface area contributed by atoms with Gasteiger partial charge in [-0.3, -0.25) is 14.4 Å². The summed E-state index contributed by atoms with van der Waals surface area (Å²) in [5, 5.41) is 0. The van der Waals surface area contributed by atoms with Crippen LogP contribution >= 0.6 is 0 Å². The summed E-state index contributed by atoms with van der Waals surface area (Å²) in [7, 11) is 0. The number of hydrogen-bond acceptors (Lipinski definition) is 4. The summed E-state index contributed by atoms with van der Waals surface area (Å²) >= 11 is 0. The molecule has 0 saturated carbocycles. The monoisotopic (exact) mass is 510 g/mol. The summed E-state index contributed by atoms with van der Waals surface area (Å²) in [6.07, 6.45) is 4.89. The van der Waals surface area contributed by atoms with Gasteiger partial charge in [-0.05, 0) is 54.7 Å². The Morgan fingerprint density at radius 3 is 2.24 bits per heavy atom. The van der Waals surface area contributed by atoms with Crippen LogP contribution < -0.4 is 4.90 Å². The third-order valence-corrected chi connectivity index (χ3v) is 6.71. The van der Waals surface area contributed by atoms with Gasteiger partial charge in [0.25, 0.3) is 5.91 Å². The molecule has 6 heteroatoms. The molecule has 0 aromatic heterocycles. The first-order valence-corrected chi connectivity index (χ1v) is 13.2. The molecule has 4 rings (SSSR count). The van der Waals surface area contributed by atoms with Crippen LogP contribution in [0.5, 0.6) is 0 Å². The maximum atomic E-state index is 13.4. The van der Waals surface area contributed by atoms with Gasteiger partial charge in [-0.2, -0.15) is 0 Å². The predicted octanol–water partition coefficient (Wildman–Crippen LogP) is 5.28. The SMILES string of the molecule is CCOC(=O)C1CCN(C(=O)Cc2cccc(N(Cc3ccccc3)C(=O)/C=C/c3ccccc3)c2)CC1. The molecule has 0 aliphatic carbocycles. The first-order chi connectivity index (χ1) is 18.5.